The molecule has 0 atom stereocenters. The Labute approximate surface area is 164 Å². The maximum Gasteiger partial charge on any atom is 1.00 e. The van der Waals surface area contributed by atoms with Gasteiger partial charge >= 0.3 is 38.7 Å². The summed E-state index contributed by atoms with van der Waals surface area (Å²) in [4.78, 5) is 0. The van der Waals surface area contributed by atoms with Gasteiger partial charge in [-0.1, -0.05) is 90.4 Å². The van der Waals surface area contributed by atoms with Crippen molar-refractivity contribution in [2.45, 2.75) is 96.8 Å². The van der Waals surface area contributed by atoms with Crippen LogP contribution in [0.15, 0.2) is 0 Å². The summed E-state index contributed by atoms with van der Waals surface area (Å²) in [6.45, 7) is 2.26. The fourth-order valence-electron chi connectivity index (χ4n) is 2.46. The van der Waals surface area contributed by atoms with Gasteiger partial charge in [-0.2, -0.15) is 8.42 Å². The Kier molecular flexibility index (Phi) is 21.6. The number of hydrogen-bond donors (Lipinski definition) is 1. The van der Waals surface area contributed by atoms with Crippen molar-refractivity contribution in [3.63, 3.8) is 0 Å². The summed E-state index contributed by atoms with van der Waals surface area (Å²) < 4.78 is 29.5. The quantitative estimate of drug-likeness (QED) is 0.199. The molecule has 0 aliphatic rings. The van der Waals surface area contributed by atoms with Crippen LogP contribution in [0, 0.1) is 0 Å². The van der Waals surface area contributed by atoms with Crippen LogP contribution in [0.1, 0.15) is 96.8 Å². The van der Waals surface area contributed by atoms with Crippen molar-refractivity contribution < 1.29 is 42.5 Å². The van der Waals surface area contributed by atoms with E-state index in [1.54, 1.807) is 0 Å². The van der Waals surface area contributed by atoms with E-state index in [9.17, 15) is 8.42 Å². The molecule has 0 spiro atoms. The van der Waals surface area contributed by atoms with E-state index in [2.05, 4.69) is 6.92 Å². The molecule has 0 saturated heterocycles. The van der Waals surface area contributed by atoms with E-state index in [1.807, 2.05) is 0 Å². The van der Waals surface area contributed by atoms with Gasteiger partial charge in [-0.15, -0.1) is 0 Å². The number of hydrogen-bond acceptors (Lipinski definition) is 3. The average molecular weight is 362 g/mol. The first-order chi connectivity index (χ1) is 10.1. The molecule has 0 fully saturated rings. The van der Waals surface area contributed by atoms with Crippen LogP contribution in [0.4, 0.5) is 0 Å². The molecular weight excluding hydrogens is 327 g/mol. The van der Waals surface area contributed by atoms with Crippen LogP contribution in [0.2, 0.25) is 0 Å². The van der Waals surface area contributed by atoms with E-state index in [-0.39, 0.29) is 29.6 Å². The normalized spacial score (nSPS) is 11.4. The maximum atomic E-state index is 10.5. The Hall–Kier alpha value is 1.26. The molecule has 0 amide bonds. The molecule has 3 nitrogen and oxygen atoms in total. The second kappa shape index (κ2) is 18.6. The average Bonchev–Trinajstić information content (AvgIpc) is 2.42. The summed E-state index contributed by atoms with van der Waals surface area (Å²) in [6, 6.07) is 0. The smallest absolute Gasteiger partial charge is 0.277 e. The summed E-state index contributed by atoms with van der Waals surface area (Å²) in [5, 5.41) is 0. The van der Waals surface area contributed by atoms with Crippen molar-refractivity contribution in [1.82, 2.24) is 0 Å². The first kappa shape index (κ1) is 25.5. The topological polar surface area (TPSA) is 54.4 Å². The van der Waals surface area contributed by atoms with Crippen LogP contribution in [0.3, 0.4) is 0 Å². The van der Waals surface area contributed by atoms with E-state index >= 15 is 0 Å². The SMILES string of the molecule is CCCCCCCCCCCCCCCCSS(=O)(=O)O.[Na+]. The first-order valence-electron chi connectivity index (χ1n) is 8.68. The molecule has 0 aromatic rings. The van der Waals surface area contributed by atoms with Gasteiger partial charge in [0.15, 0.2) is 0 Å². The van der Waals surface area contributed by atoms with Gasteiger partial charge in [-0.05, 0) is 17.2 Å². The number of rotatable bonds is 16. The zero-order valence-corrected chi connectivity index (χ0v) is 18.3. The zero-order chi connectivity index (χ0) is 15.8. The van der Waals surface area contributed by atoms with Crippen LogP contribution in [-0.2, 0) is 9.15 Å². The summed E-state index contributed by atoms with van der Waals surface area (Å²) in [5.41, 5.74) is 0. The molecule has 0 bridgehead atoms. The molecule has 22 heavy (non-hydrogen) atoms. The second-order valence-electron chi connectivity index (χ2n) is 5.85. The third-order valence-electron chi connectivity index (χ3n) is 3.73. The zero-order valence-electron chi connectivity index (χ0n) is 14.7. The van der Waals surface area contributed by atoms with Crippen LogP contribution < -0.4 is 29.6 Å². The third kappa shape index (κ3) is 23.5. The fourth-order valence-corrected chi connectivity index (χ4v) is 3.98. The monoisotopic (exact) mass is 361 g/mol. The van der Waals surface area contributed by atoms with E-state index in [0.29, 0.717) is 16.5 Å². The standard InChI is InChI=1S/C16H34O3S2.Na/c1-2-3-4-5-6-7-8-9-10-11-12-13-14-15-16-20-21(17,18)19;/h2-16H2,1H3,(H,17,18,19);/q;+1. The molecule has 0 heterocycles. The maximum absolute atomic E-state index is 10.5. The van der Waals surface area contributed by atoms with E-state index in [4.69, 9.17) is 4.55 Å². The Morgan fingerprint density at radius 3 is 1.32 bits per heavy atom. The molecule has 6 heteroatoms. The first-order valence-corrected chi connectivity index (χ1v) is 11.6. The minimum absolute atomic E-state index is 0. The van der Waals surface area contributed by atoms with Gasteiger partial charge < -0.3 is 0 Å². The Morgan fingerprint density at radius 2 is 1.00 bits per heavy atom. The minimum atomic E-state index is -3.83. The van der Waals surface area contributed by atoms with Crippen molar-refractivity contribution in [1.29, 1.82) is 0 Å². The summed E-state index contributed by atoms with van der Waals surface area (Å²) >= 11 is 0. The summed E-state index contributed by atoms with van der Waals surface area (Å²) in [7, 11) is -3.18. The van der Waals surface area contributed by atoms with Crippen LogP contribution in [-0.4, -0.2) is 18.7 Å². The molecule has 1 N–H and O–H groups in total. The molecule has 0 aromatic heterocycles. The predicted octanol–water partition coefficient (Wildman–Crippen LogP) is 3.01. The summed E-state index contributed by atoms with van der Waals surface area (Å²) in [6.07, 6.45) is 18.1. The molecule has 0 aromatic carbocycles. The Balaban J connectivity index is 0. The van der Waals surface area contributed by atoms with Crippen LogP contribution >= 0.6 is 10.8 Å². The van der Waals surface area contributed by atoms with Crippen LogP contribution in [0.5, 0.6) is 0 Å². The van der Waals surface area contributed by atoms with Gasteiger partial charge in [0.2, 0.25) is 0 Å². The molecule has 0 aliphatic heterocycles. The molecule has 0 unspecified atom stereocenters. The van der Waals surface area contributed by atoms with Gasteiger partial charge in [0.1, 0.15) is 0 Å². The van der Waals surface area contributed by atoms with Gasteiger partial charge in [-0.3, -0.25) is 4.55 Å². The predicted molar refractivity (Wildman–Crippen MR) is 94.3 cm³/mol. The largest absolute Gasteiger partial charge is 1.00 e. The molecule has 0 rings (SSSR count). The Bertz CT molecular complexity index is 309. The number of unbranched alkanes of at least 4 members (excludes halogenated alkanes) is 13. The van der Waals surface area contributed by atoms with Crippen molar-refractivity contribution in [3.05, 3.63) is 0 Å². The van der Waals surface area contributed by atoms with Crippen molar-refractivity contribution in [2.75, 3.05) is 5.75 Å². The van der Waals surface area contributed by atoms with Gasteiger partial charge in [-0.25, -0.2) is 0 Å². The Morgan fingerprint density at radius 1 is 0.682 bits per heavy atom. The van der Waals surface area contributed by atoms with Gasteiger partial charge in [0.05, 0.1) is 0 Å². The fraction of sp³-hybridized carbons (Fsp3) is 1.00. The molecule has 0 radical (unpaired) electrons. The van der Waals surface area contributed by atoms with Crippen LogP contribution in [0.25, 0.3) is 0 Å². The second-order valence-corrected chi connectivity index (χ2v) is 9.32. The molecule has 0 saturated carbocycles. The molecule has 0 aliphatic carbocycles. The minimum Gasteiger partial charge on any atom is -0.277 e. The van der Waals surface area contributed by atoms with E-state index in [1.165, 1.54) is 77.0 Å². The van der Waals surface area contributed by atoms with Crippen molar-refractivity contribution >= 4 is 19.9 Å². The summed E-state index contributed by atoms with van der Waals surface area (Å²) in [5.74, 6) is 0.511. The van der Waals surface area contributed by atoms with Gasteiger partial charge in [0, 0.05) is 5.75 Å². The van der Waals surface area contributed by atoms with E-state index < -0.39 is 9.15 Å². The molecule has 128 valence electrons. The van der Waals surface area contributed by atoms with Crippen molar-refractivity contribution in [2.24, 2.45) is 0 Å². The van der Waals surface area contributed by atoms with E-state index in [0.717, 1.165) is 12.8 Å². The third-order valence-corrected chi connectivity index (χ3v) is 5.88. The molecular formula is C16H34NaO3S2+. The van der Waals surface area contributed by atoms with Crippen molar-refractivity contribution in [3.8, 4) is 0 Å². The van der Waals surface area contributed by atoms with Gasteiger partial charge in [0.25, 0.3) is 0 Å².